The molecule has 2 aromatic carbocycles. The van der Waals surface area contributed by atoms with Crippen LogP contribution in [0.5, 0.6) is 0 Å². The number of aldehydes is 1. The van der Waals surface area contributed by atoms with Gasteiger partial charge in [0.2, 0.25) is 0 Å². The molecular weight excluding hydrogens is 282 g/mol. The minimum atomic E-state index is 0.315. The molecule has 2 heteroatoms. The molecule has 23 heavy (non-hydrogen) atoms. The maximum atomic E-state index is 11.3. The first-order valence-corrected chi connectivity index (χ1v) is 8.07. The third-order valence-corrected chi connectivity index (χ3v) is 4.10. The zero-order valence-electron chi connectivity index (χ0n) is 14.3. The predicted octanol–water partition coefficient (Wildman–Crippen LogP) is 5.48. The van der Waals surface area contributed by atoms with Crippen molar-refractivity contribution in [3.63, 3.8) is 0 Å². The van der Waals surface area contributed by atoms with E-state index in [1.807, 2.05) is 12.1 Å². The Morgan fingerprint density at radius 1 is 1.04 bits per heavy atom. The van der Waals surface area contributed by atoms with E-state index in [0.29, 0.717) is 23.8 Å². The highest BCUT2D eigenvalue weighted by atomic mass is 16.1. The molecule has 0 unspecified atom stereocenters. The van der Waals surface area contributed by atoms with Gasteiger partial charge in [-0.25, -0.2) is 0 Å². The van der Waals surface area contributed by atoms with E-state index in [-0.39, 0.29) is 0 Å². The van der Waals surface area contributed by atoms with Gasteiger partial charge in [-0.05, 0) is 51.8 Å². The van der Waals surface area contributed by atoms with E-state index >= 15 is 0 Å². The van der Waals surface area contributed by atoms with Crippen LogP contribution in [0.3, 0.4) is 0 Å². The Kier molecular flexibility index (Phi) is 5.34. The second-order valence-electron chi connectivity index (χ2n) is 6.54. The summed E-state index contributed by atoms with van der Waals surface area (Å²) in [5.74, 6) is 0.783. The standard InChI is InChI=1S/C21H23NO/c1-14(2)19-6-5-7-20(15(3)4)21(19)18-11-16(8-9-22)10-17(12-18)13-23/h5-7,10-15H,8H2,1-4H3. The number of benzene rings is 2. The number of hydrogen-bond acceptors (Lipinski definition) is 2. The normalized spacial score (nSPS) is 10.8. The Balaban J connectivity index is 2.77. The van der Waals surface area contributed by atoms with Crippen LogP contribution < -0.4 is 0 Å². The first-order valence-electron chi connectivity index (χ1n) is 8.07. The molecule has 0 aliphatic heterocycles. The van der Waals surface area contributed by atoms with E-state index in [0.717, 1.165) is 17.4 Å². The Bertz CT molecular complexity index is 725. The second kappa shape index (κ2) is 7.24. The average Bonchev–Trinajstić information content (AvgIpc) is 2.53. The summed E-state index contributed by atoms with van der Waals surface area (Å²) >= 11 is 0. The van der Waals surface area contributed by atoms with Crippen molar-refractivity contribution in [3.8, 4) is 17.2 Å². The van der Waals surface area contributed by atoms with Crippen LogP contribution in [-0.2, 0) is 6.42 Å². The fraction of sp³-hybridized carbons (Fsp3) is 0.333. The van der Waals surface area contributed by atoms with Crippen molar-refractivity contribution < 1.29 is 4.79 Å². The van der Waals surface area contributed by atoms with Crippen LogP contribution in [-0.4, -0.2) is 6.29 Å². The molecule has 2 aromatic rings. The van der Waals surface area contributed by atoms with E-state index in [1.54, 1.807) is 6.07 Å². The molecule has 0 aromatic heterocycles. The van der Waals surface area contributed by atoms with Crippen LogP contribution in [0.1, 0.15) is 66.6 Å². The maximum Gasteiger partial charge on any atom is 0.150 e. The summed E-state index contributed by atoms with van der Waals surface area (Å²) in [6.07, 6.45) is 1.17. The van der Waals surface area contributed by atoms with Gasteiger partial charge in [-0.2, -0.15) is 5.26 Å². The van der Waals surface area contributed by atoms with Crippen molar-refractivity contribution in [2.45, 2.75) is 46.0 Å². The second-order valence-corrected chi connectivity index (χ2v) is 6.54. The lowest BCUT2D eigenvalue weighted by Gasteiger charge is -2.20. The molecule has 0 N–H and O–H groups in total. The minimum Gasteiger partial charge on any atom is -0.298 e. The van der Waals surface area contributed by atoms with Gasteiger partial charge in [0.1, 0.15) is 6.29 Å². The molecule has 0 atom stereocenters. The molecule has 2 rings (SSSR count). The van der Waals surface area contributed by atoms with Crippen molar-refractivity contribution in [2.75, 3.05) is 0 Å². The van der Waals surface area contributed by atoms with Gasteiger partial charge in [-0.3, -0.25) is 4.79 Å². The maximum absolute atomic E-state index is 11.3. The van der Waals surface area contributed by atoms with Gasteiger partial charge in [-0.1, -0.05) is 52.0 Å². The number of carbonyl (C=O) groups excluding carboxylic acids is 1. The van der Waals surface area contributed by atoms with Gasteiger partial charge in [0, 0.05) is 5.56 Å². The van der Waals surface area contributed by atoms with Gasteiger partial charge in [0.25, 0.3) is 0 Å². The topological polar surface area (TPSA) is 40.9 Å². The third kappa shape index (κ3) is 3.68. The molecule has 0 fully saturated rings. The Labute approximate surface area is 138 Å². The average molecular weight is 305 g/mol. The van der Waals surface area contributed by atoms with Crippen molar-refractivity contribution in [1.82, 2.24) is 0 Å². The summed E-state index contributed by atoms with van der Waals surface area (Å²) in [7, 11) is 0. The van der Waals surface area contributed by atoms with E-state index in [1.165, 1.54) is 16.7 Å². The molecule has 2 nitrogen and oxygen atoms in total. The van der Waals surface area contributed by atoms with Crippen LogP contribution in [0.25, 0.3) is 11.1 Å². The number of hydrogen-bond donors (Lipinski definition) is 0. The molecule has 0 heterocycles. The zero-order chi connectivity index (χ0) is 17.0. The fourth-order valence-electron chi connectivity index (χ4n) is 3.01. The van der Waals surface area contributed by atoms with Crippen molar-refractivity contribution in [3.05, 3.63) is 58.7 Å². The molecular formula is C21H23NO. The smallest absolute Gasteiger partial charge is 0.150 e. The SMILES string of the molecule is CC(C)c1cccc(C(C)C)c1-c1cc(C=O)cc(CC#N)c1. The Morgan fingerprint density at radius 2 is 1.65 bits per heavy atom. The largest absolute Gasteiger partial charge is 0.298 e. The van der Waals surface area contributed by atoms with Crippen LogP contribution >= 0.6 is 0 Å². The summed E-state index contributed by atoms with van der Waals surface area (Å²) in [5, 5.41) is 8.99. The highest BCUT2D eigenvalue weighted by molar-refractivity contribution is 5.82. The molecule has 0 amide bonds. The van der Waals surface area contributed by atoms with Gasteiger partial charge < -0.3 is 0 Å². The summed E-state index contributed by atoms with van der Waals surface area (Å²) in [6, 6.07) is 14.4. The van der Waals surface area contributed by atoms with Crippen LogP contribution in [0.2, 0.25) is 0 Å². The lowest BCUT2D eigenvalue weighted by atomic mass is 9.84. The quantitative estimate of drug-likeness (QED) is 0.686. The van der Waals surface area contributed by atoms with Crippen LogP contribution in [0.15, 0.2) is 36.4 Å². The first kappa shape index (κ1) is 17.0. The van der Waals surface area contributed by atoms with Crippen molar-refractivity contribution in [2.24, 2.45) is 0 Å². The van der Waals surface area contributed by atoms with Crippen molar-refractivity contribution in [1.29, 1.82) is 5.26 Å². The first-order chi connectivity index (χ1) is 11.0. The fourth-order valence-corrected chi connectivity index (χ4v) is 3.01. The van der Waals surface area contributed by atoms with Gasteiger partial charge in [0.15, 0.2) is 0 Å². The lowest BCUT2D eigenvalue weighted by Crippen LogP contribution is -2.01. The van der Waals surface area contributed by atoms with Gasteiger partial charge >= 0.3 is 0 Å². The Morgan fingerprint density at radius 3 is 2.13 bits per heavy atom. The highest BCUT2D eigenvalue weighted by Gasteiger charge is 2.16. The molecule has 0 radical (unpaired) electrons. The van der Waals surface area contributed by atoms with Crippen LogP contribution in [0, 0.1) is 11.3 Å². The Hall–Kier alpha value is -2.40. The van der Waals surface area contributed by atoms with Crippen LogP contribution in [0.4, 0.5) is 0 Å². The van der Waals surface area contributed by atoms with E-state index in [4.69, 9.17) is 5.26 Å². The summed E-state index contributed by atoms with van der Waals surface area (Å²) < 4.78 is 0. The van der Waals surface area contributed by atoms with Gasteiger partial charge in [0.05, 0.1) is 12.5 Å². The summed E-state index contributed by atoms with van der Waals surface area (Å²) in [4.78, 5) is 11.3. The minimum absolute atomic E-state index is 0.315. The zero-order valence-corrected chi connectivity index (χ0v) is 14.3. The summed E-state index contributed by atoms with van der Waals surface area (Å²) in [6.45, 7) is 8.73. The van der Waals surface area contributed by atoms with Gasteiger partial charge in [-0.15, -0.1) is 0 Å². The molecule has 0 bridgehead atoms. The summed E-state index contributed by atoms with van der Waals surface area (Å²) in [5.41, 5.74) is 6.32. The lowest BCUT2D eigenvalue weighted by molar-refractivity contribution is 0.112. The third-order valence-electron chi connectivity index (χ3n) is 4.10. The molecule has 0 saturated carbocycles. The molecule has 0 aliphatic carbocycles. The number of nitriles is 1. The number of nitrogens with zero attached hydrogens (tertiary/aromatic N) is 1. The predicted molar refractivity (Wildman–Crippen MR) is 94.8 cm³/mol. The molecule has 118 valence electrons. The molecule has 0 aliphatic rings. The van der Waals surface area contributed by atoms with Crippen molar-refractivity contribution >= 4 is 6.29 Å². The number of carbonyl (C=O) groups is 1. The van der Waals surface area contributed by atoms with E-state index in [2.05, 4.69) is 52.0 Å². The number of rotatable bonds is 5. The highest BCUT2D eigenvalue weighted by Crippen LogP contribution is 2.36. The molecule has 0 saturated heterocycles. The monoisotopic (exact) mass is 305 g/mol. The van der Waals surface area contributed by atoms with E-state index < -0.39 is 0 Å². The molecule has 0 spiro atoms. The van der Waals surface area contributed by atoms with E-state index in [9.17, 15) is 4.79 Å².